The van der Waals surface area contributed by atoms with Crippen LogP contribution in [0, 0.1) is 0 Å². The maximum absolute atomic E-state index is 14.5. The molecule has 2 N–H and O–H groups in total. The van der Waals surface area contributed by atoms with E-state index >= 15 is 0 Å². The third-order valence-corrected chi connectivity index (χ3v) is 8.70. The third kappa shape index (κ3) is 6.49. The topological polar surface area (TPSA) is 91.0 Å². The molecule has 0 bridgehead atoms. The summed E-state index contributed by atoms with van der Waals surface area (Å²) in [7, 11) is 3.30. The van der Waals surface area contributed by atoms with Gasteiger partial charge in [0, 0.05) is 10.0 Å². The van der Waals surface area contributed by atoms with Gasteiger partial charge < -0.3 is 25.2 Å². The molecule has 2 atom stereocenters. The van der Waals surface area contributed by atoms with Gasteiger partial charge >= 0.3 is 0 Å². The van der Waals surface area contributed by atoms with E-state index < -0.39 is 12.1 Å². The minimum absolute atomic E-state index is 0.0000168. The van der Waals surface area contributed by atoms with E-state index in [2.05, 4.69) is 33.5 Å². The van der Waals surface area contributed by atoms with Crippen molar-refractivity contribution in [3.63, 3.8) is 0 Å². The van der Waals surface area contributed by atoms with Gasteiger partial charge in [0.05, 0.1) is 44.0 Å². The molecule has 0 spiro atoms. The number of ether oxygens (including phenoxy) is 1. The Morgan fingerprint density at radius 1 is 1.00 bits per heavy atom. The number of nitrogens with one attached hydrogen (secondary N) is 2. The van der Waals surface area contributed by atoms with Crippen molar-refractivity contribution < 1.29 is 19.1 Å². The SMILES string of the molecule is CCc1ccc(CC(=O)N2CC(NC(=O)C(C)NC)C(=O)N(Cc3c(OC)ccc4cc(Br)ccc34)c3ccccc32)cc1. The van der Waals surface area contributed by atoms with Crippen LogP contribution < -0.4 is 25.2 Å². The second-order valence-corrected chi connectivity index (χ2v) is 11.9. The molecule has 1 aliphatic rings. The van der Waals surface area contributed by atoms with E-state index in [1.54, 1.807) is 30.9 Å². The highest BCUT2D eigenvalue weighted by Gasteiger charge is 2.37. The molecule has 0 radical (unpaired) electrons. The molecule has 3 amide bonds. The molecule has 8 nitrogen and oxygen atoms in total. The number of hydrogen-bond acceptors (Lipinski definition) is 5. The lowest BCUT2D eigenvalue weighted by molar-refractivity contribution is -0.128. The van der Waals surface area contributed by atoms with Crippen LogP contribution in [0.4, 0.5) is 11.4 Å². The van der Waals surface area contributed by atoms with Crippen LogP contribution in [0.15, 0.2) is 83.3 Å². The van der Waals surface area contributed by atoms with Gasteiger partial charge in [-0.05, 0) is 72.6 Å². The zero-order valence-electron chi connectivity index (χ0n) is 25.4. The number of halogens is 1. The Labute approximate surface area is 266 Å². The van der Waals surface area contributed by atoms with Crippen molar-refractivity contribution in [2.24, 2.45) is 0 Å². The van der Waals surface area contributed by atoms with Crippen LogP contribution >= 0.6 is 15.9 Å². The van der Waals surface area contributed by atoms with E-state index in [4.69, 9.17) is 4.74 Å². The van der Waals surface area contributed by atoms with Crippen molar-refractivity contribution >= 4 is 55.8 Å². The Hall–Kier alpha value is -4.21. The van der Waals surface area contributed by atoms with Crippen molar-refractivity contribution in [3.05, 3.63) is 100 Å². The van der Waals surface area contributed by atoms with Gasteiger partial charge in [-0.2, -0.15) is 0 Å². The lowest BCUT2D eigenvalue weighted by Gasteiger charge is -2.27. The molecule has 1 heterocycles. The molecular weight excluding hydrogens is 620 g/mol. The lowest BCUT2D eigenvalue weighted by Crippen LogP contribution is -2.55. The van der Waals surface area contributed by atoms with Crippen LogP contribution in [0.3, 0.4) is 0 Å². The van der Waals surface area contributed by atoms with Gasteiger partial charge in [-0.15, -0.1) is 0 Å². The maximum atomic E-state index is 14.5. The normalized spacial score (nSPS) is 15.5. The molecule has 0 saturated carbocycles. The summed E-state index contributed by atoms with van der Waals surface area (Å²) in [5.74, 6) is -0.160. The third-order valence-electron chi connectivity index (χ3n) is 8.21. The monoisotopic (exact) mass is 656 g/mol. The molecule has 2 unspecified atom stereocenters. The van der Waals surface area contributed by atoms with Gasteiger partial charge in [-0.25, -0.2) is 0 Å². The van der Waals surface area contributed by atoms with Gasteiger partial charge in [0.25, 0.3) is 5.91 Å². The molecule has 228 valence electrons. The van der Waals surface area contributed by atoms with Crippen molar-refractivity contribution in [2.45, 2.75) is 45.3 Å². The zero-order chi connectivity index (χ0) is 31.4. The van der Waals surface area contributed by atoms with E-state index in [1.807, 2.05) is 78.9 Å². The van der Waals surface area contributed by atoms with Crippen LogP contribution in [0.1, 0.15) is 30.5 Å². The summed E-state index contributed by atoms with van der Waals surface area (Å²) < 4.78 is 6.71. The number of hydrogen-bond donors (Lipinski definition) is 2. The minimum atomic E-state index is -0.979. The average Bonchev–Trinajstić information content (AvgIpc) is 3.15. The molecule has 4 aromatic rings. The second-order valence-electron chi connectivity index (χ2n) is 10.9. The molecular formula is C35H37BrN4O4. The molecule has 0 aliphatic carbocycles. The standard InChI is InChI=1S/C35H37BrN4O4/c1-5-23-10-12-24(13-11-23)18-33(41)39-21-29(38-34(42)22(2)37-3)35(43)40(31-9-7-6-8-30(31)39)20-28-27-16-15-26(36)19-25(27)14-17-32(28)44-4/h6-17,19,22,29,37H,5,18,20-21H2,1-4H3,(H,38,42). The molecule has 44 heavy (non-hydrogen) atoms. The zero-order valence-corrected chi connectivity index (χ0v) is 27.0. The van der Waals surface area contributed by atoms with Gasteiger partial charge in [-0.3, -0.25) is 14.4 Å². The number of nitrogens with zero attached hydrogens (tertiary/aromatic N) is 2. The Balaban J connectivity index is 1.60. The molecule has 0 fully saturated rings. The van der Waals surface area contributed by atoms with Gasteiger partial charge in [0.15, 0.2) is 0 Å². The summed E-state index contributed by atoms with van der Waals surface area (Å²) in [6.45, 7) is 3.99. The van der Waals surface area contributed by atoms with E-state index in [0.29, 0.717) is 17.1 Å². The Kier molecular flexibility index (Phi) is 9.66. The summed E-state index contributed by atoms with van der Waals surface area (Å²) in [4.78, 5) is 44.8. The lowest BCUT2D eigenvalue weighted by atomic mass is 10.0. The first kappa shape index (κ1) is 31.2. The predicted octanol–water partition coefficient (Wildman–Crippen LogP) is 5.39. The number of carbonyl (C=O) groups is 3. The average molecular weight is 658 g/mol. The molecule has 5 rings (SSSR count). The molecule has 0 aromatic heterocycles. The number of aryl methyl sites for hydroxylation is 1. The molecule has 0 saturated heterocycles. The van der Waals surface area contributed by atoms with Crippen molar-refractivity contribution in [1.29, 1.82) is 0 Å². The van der Waals surface area contributed by atoms with Crippen molar-refractivity contribution in [1.82, 2.24) is 10.6 Å². The summed E-state index contributed by atoms with van der Waals surface area (Å²) in [6, 6.07) is 23.8. The first-order valence-corrected chi connectivity index (χ1v) is 15.5. The molecule has 9 heteroatoms. The quantitative estimate of drug-likeness (QED) is 0.252. The van der Waals surface area contributed by atoms with Crippen LogP contribution in [0.2, 0.25) is 0 Å². The second kappa shape index (κ2) is 13.6. The maximum Gasteiger partial charge on any atom is 0.251 e. The molecule has 4 aromatic carbocycles. The number of para-hydroxylation sites is 2. The smallest absolute Gasteiger partial charge is 0.251 e. The number of methoxy groups -OCH3 is 1. The van der Waals surface area contributed by atoms with Crippen LogP contribution in [0.25, 0.3) is 10.8 Å². The van der Waals surface area contributed by atoms with E-state index in [0.717, 1.165) is 32.8 Å². The van der Waals surface area contributed by atoms with Crippen LogP contribution in [-0.2, 0) is 33.8 Å². The summed E-state index contributed by atoms with van der Waals surface area (Å²) in [5.41, 5.74) is 4.09. The Morgan fingerprint density at radius 2 is 1.70 bits per heavy atom. The number of carbonyl (C=O) groups excluding carboxylic acids is 3. The van der Waals surface area contributed by atoms with Gasteiger partial charge in [0.2, 0.25) is 11.8 Å². The van der Waals surface area contributed by atoms with Crippen LogP contribution in [0.5, 0.6) is 5.75 Å². The molecule has 1 aliphatic heterocycles. The van der Waals surface area contributed by atoms with Crippen molar-refractivity contribution in [3.8, 4) is 5.75 Å². The summed E-state index contributed by atoms with van der Waals surface area (Å²) >= 11 is 3.55. The number of anilines is 2. The van der Waals surface area contributed by atoms with Gasteiger partial charge in [-0.1, -0.05) is 71.4 Å². The minimum Gasteiger partial charge on any atom is -0.496 e. The first-order chi connectivity index (χ1) is 21.2. The fraction of sp³-hybridized carbons (Fsp3) is 0.286. The van der Waals surface area contributed by atoms with Crippen LogP contribution in [-0.4, -0.2) is 50.5 Å². The number of amides is 3. The van der Waals surface area contributed by atoms with E-state index in [1.165, 1.54) is 5.56 Å². The number of benzene rings is 4. The number of fused-ring (bicyclic) bond motifs is 2. The number of rotatable bonds is 9. The summed E-state index contributed by atoms with van der Waals surface area (Å²) in [6.07, 6.45) is 1.07. The fourth-order valence-electron chi connectivity index (χ4n) is 5.54. The largest absolute Gasteiger partial charge is 0.496 e. The highest BCUT2D eigenvalue weighted by molar-refractivity contribution is 9.10. The Bertz CT molecular complexity index is 1690. The fourth-order valence-corrected chi connectivity index (χ4v) is 5.92. The first-order valence-electron chi connectivity index (χ1n) is 14.7. The summed E-state index contributed by atoms with van der Waals surface area (Å²) in [5, 5.41) is 7.78. The van der Waals surface area contributed by atoms with E-state index in [9.17, 15) is 14.4 Å². The highest BCUT2D eigenvalue weighted by Crippen LogP contribution is 2.37. The van der Waals surface area contributed by atoms with E-state index in [-0.39, 0.29) is 37.2 Å². The highest BCUT2D eigenvalue weighted by atomic mass is 79.9. The van der Waals surface area contributed by atoms with Gasteiger partial charge in [0.1, 0.15) is 11.8 Å². The number of likely N-dealkylation sites (N-methyl/N-ethyl adjacent to an activating group) is 1. The Morgan fingerprint density at radius 3 is 2.39 bits per heavy atom. The van der Waals surface area contributed by atoms with Crippen molar-refractivity contribution in [2.75, 3.05) is 30.5 Å². The predicted molar refractivity (Wildman–Crippen MR) is 178 cm³/mol.